The van der Waals surface area contributed by atoms with E-state index >= 15 is 0 Å². The van der Waals surface area contributed by atoms with E-state index in [0.29, 0.717) is 0 Å². The van der Waals surface area contributed by atoms with Crippen molar-refractivity contribution in [1.29, 1.82) is 0 Å². The molecule has 0 saturated heterocycles. The minimum atomic E-state index is -0.272. The van der Waals surface area contributed by atoms with Crippen LogP contribution in [0.3, 0.4) is 0 Å². The molecule has 0 amide bonds. The van der Waals surface area contributed by atoms with Crippen LogP contribution in [0.25, 0.3) is 0 Å². The van der Waals surface area contributed by atoms with Crippen LogP contribution < -0.4 is 0 Å². The topological polar surface area (TPSA) is 17.1 Å². The van der Waals surface area contributed by atoms with Crippen LogP contribution >= 0.6 is 0 Å². The number of ketones is 1. The molecule has 0 fully saturated rings. The third-order valence-electron chi connectivity index (χ3n) is 1.77. The SMILES string of the molecule is CCCCC=C=CC(=O)C(C)(C)C. The van der Waals surface area contributed by atoms with Gasteiger partial charge in [0.15, 0.2) is 5.78 Å². The quantitative estimate of drug-likeness (QED) is 0.367. The predicted molar refractivity (Wildman–Crippen MR) is 56.6 cm³/mol. The highest BCUT2D eigenvalue weighted by Gasteiger charge is 2.17. The number of carbonyl (C=O) groups is 1. The fourth-order valence-electron chi connectivity index (χ4n) is 0.741. The van der Waals surface area contributed by atoms with Gasteiger partial charge in [-0.2, -0.15) is 0 Å². The molecule has 0 saturated carbocycles. The molecule has 0 spiro atoms. The van der Waals surface area contributed by atoms with Crippen LogP contribution in [-0.4, -0.2) is 5.78 Å². The lowest BCUT2D eigenvalue weighted by molar-refractivity contribution is -0.121. The van der Waals surface area contributed by atoms with Gasteiger partial charge in [0.1, 0.15) is 0 Å². The first-order chi connectivity index (χ1) is 5.98. The highest BCUT2D eigenvalue weighted by molar-refractivity contribution is 5.93. The lowest BCUT2D eigenvalue weighted by atomic mass is 9.91. The number of hydrogen-bond donors (Lipinski definition) is 0. The van der Waals surface area contributed by atoms with Gasteiger partial charge in [0.25, 0.3) is 0 Å². The first-order valence-corrected chi connectivity index (χ1v) is 4.94. The second-order valence-electron chi connectivity index (χ2n) is 4.27. The lowest BCUT2D eigenvalue weighted by Gasteiger charge is -2.11. The van der Waals surface area contributed by atoms with E-state index in [0.717, 1.165) is 6.42 Å². The van der Waals surface area contributed by atoms with E-state index in [2.05, 4.69) is 12.7 Å². The molecule has 0 aliphatic carbocycles. The fourth-order valence-corrected chi connectivity index (χ4v) is 0.741. The van der Waals surface area contributed by atoms with Crippen LogP contribution in [0.2, 0.25) is 0 Å². The van der Waals surface area contributed by atoms with E-state index in [4.69, 9.17) is 0 Å². The van der Waals surface area contributed by atoms with Crippen molar-refractivity contribution in [2.45, 2.75) is 47.0 Å². The number of rotatable bonds is 4. The highest BCUT2D eigenvalue weighted by Crippen LogP contribution is 2.14. The third-order valence-corrected chi connectivity index (χ3v) is 1.77. The summed E-state index contributed by atoms with van der Waals surface area (Å²) < 4.78 is 0. The molecule has 0 rings (SSSR count). The summed E-state index contributed by atoms with van der Waals surface area (Å²) in [5.41, 5.74) is 2.65. The summed E-state index contributed by atoms with van der Waals surface area (Å²) in [5.74, 6) is 0.139. The minimum Gasteiger partial charge on any atom is -0.294 e. The number of hydrogen-bond acceptors (Lipinski definition) is 1. The van der Waals surface area contributed by atoms with Crippen molar-refractivity contribution in [3.63, 3.8) is 0 Å². The van der Waals surface area contributed by atoms with E-state index in [1.807, 2.05) is 26.8 Å². The molecule has 0 aliphatic heterocycles. The van der Waals surface area contributed by atoms with Gasteiger partial charge in [-0.1, -0.05) is 34.1 Å². The van der Waals surface area contributed by atoms with Crippen molar-refractivity contribution in [1.82, 2.24) is 0 Å². The smallest absolute Gasteiger partial charge is 0.168 e. The second-order valence-corrected chi connectivity index (χ2v) is 4.27. The molecule has 0 unspecified atom stereocenters. The van der Waals surface area contributed by atoms with Gasteiger partial charge in [0.2, 0.25) is 0 Å². The second kappa shape index (κ2) is 5.77. The monoisotopic (exact) mass is 180 g/mol. The molecule has 0 aromatic rings. The maximum Gasteiger partial charge on any atom is 0.168 e. The molecular weight excluding hydrogens is 160 g/mol. The van der Waals surface area contributed by atoms with Gasteiger partial charge in [-0.3, -0.25) is 4.79 Å². The Morgan fingerprint density at radius 1 is 1.38 bits per heavy atom. The number of unbranched alkanes of at least 4 members (excludes halogenated alkanes) is 2. The molecule has 0 atom stereocenters. The van der Waals surface area contributed by atoms with Gasteiger partial charge in [-0.15, -0.1) is 5.73 Å². The molecular formula is C12H20O. The summed E-state index contributed by atoms with van der Waals surface area (Å²) in [4.78, 5) is 11.4. The van der Waals surface area contributed by atoms with Crippen molar-refractivity contribution in [3.05, 3.63) is 17.9 Å². The first-order valence-electron chi connectivity index (χ1n) is 4.94. The molecule has 0 radical (unpaired) electrons. The Balaban J connectivity index is 3.98. The Bertz CT molecular complexity index is 212. The average Bonchev–Trinajstić information content (AvgIpc) is 2.02. The zero-order valence-corrected chi connectivity index (χ0v) is 9.18. The van der Waals surface area contributed by atoms with Crippen molar-refractivity contribution in [2.24, 2.45) is 5.41 Å². The van der Waals surface area contributed by atoms with Crippen LogP contribution in [0.1, 0.15) is 47.0 Å². The lowest BCUT2D eigenvalue weighted by Crippen LogP contribution is -2.16. The van der Waals surface area contributed by atoms with Gasteiger partial charge in [-0.05, 0) is 18.9 Å². The molecule has 13 heavy (non-hydrogen) atoms. The Labute approximate surface area is 81.5 Å². The summed E-state index contributed by atoms with van der Waals surface area (Å²) in [6.07, 6.45) is 6.86. The normalized spacial score (nSPS) is 10.5. The van der Waals surface area contributed by atoms with Crippen molar-refractivity contribution < 1.29 is 4.79 Å². The predicted octanol–water partition coefficient (Wildman–Crippen LogP) is 3.50. The summed E-state index contributed by atoms with van der Waals surface area (Å²) in [6.45, 7) is 7.90. The molecule has 0 aromatic carbocycles. The maximum atomic E-state index is 11.4. The fraction of sp³-hybridized carbons (Fsp3) is 0.667. The molecule has 0 aliphatic rings. The Morgan fingerprint density at radius 2 is 2.00 bits per heavy atom. The van der Waals surface area contributed by atoms with E-state index < -0.39 is 0 Å². The van der Waals surface area contributed by atoms with E-state index in [-0.39, 0.29) is 11.2 Å². The van der Waals surface area contributed by atoms with Gasteiger partial charge in [0.05, 0.1) is 0 Å². The molecule has 0 aromatic heterocycles. The molecule has 1 nitrogen and oxygen atoms in total. The van der Waals surface area contributed by atoms with Crippen molar-refractivity contribution in [3.8, 4) is 0 Å². The van der Waals surface area contributed by atoms with Crippen LogP contribution in [-0.2, 0) is 4.79 Å². The largest absolute Gasteiger partial charge is 0.294 e. The third kappa shape index (κ3) is 6.36. The summed E-state index contributed by atoms with van der Waals surface area (Å²) in [7, 11) is 0. The molecule has 0 heterocycles. The first kappa shape index (κ1) is 12.2. The average molecular weight is 180 g/mol. The van der Waals surface area contributed by atoms with Crippen LogP contribution in [0.5, 0.6) is 0 Å². The molecule has 0 N–H and O–H groups in total. The van der Waals surface area contributed by atoms with Crippen LogP contribution in [0.4, 0.5) is 0 Å². The number of allylic oxidation sites excluding steroid dienone is 1. The summed E-state index contributed by atoms with van der Waals surface area (Å²) >= 11 is 0. The van der Waals surface area contributed by atoms with Gasteiger partial charge in [0, 0.05) is 11.5 Å². The number of carbonyl (C=O) groups excluding carboxylic acids is 1. The molecule has 0 bridgehead atoms. The standard InChI is InChI=1S/C12H20O/c1-5-6-7-8-9-10-11(13)12(2,3)4/h8,10H,5-7H2,1-4H3. The molecule has 1 heteroatoms. The minimum absolute atomic E-state index is 0.139. The van der Waals surface area contributed by atoms with Gasteiger partial charge >= 0.3 is 0 Å². The van der Waals surface area contributed by atoms with Crippen molar-refractivity contribution in [2.75, 3.05) is 0 Å². The van der Waals surface area contributed by atoms with Crippen molar-refractivity contribution >= 4 is 5.78 Å². The summed E-state index contributed by atoms with van der Waals surface area (Å²) in [6, 6.07) is 0. The van der Waals surface area contributed by atoms with E-state index in [9.17, 15) is 4.79 Å². The van der Waals surface area contributed by atoms with E-state index in [1.54, 1.807) is 6.08 Å². The maximum absolute atomic E-state index is 11.4. The Kier molecular flexibility index (Phi) is 5.41. The van der Waals surface area contributed by atoms with Crippen LogP contribution in [0.15, 0.2) is 17.9 Å². The Morgan fingerprint density at radius 3 is 2.46 bits per heavy atom. The molecule has 74 valence electrons. The van der Waals surface area contributed by atoms with Gasteiger partial charge in [-0.25, -0.2) is 0 Å². The Hall–Kier alpha value is -0.810. The van der Waals surface area contributed by atoms with Crippen LogP contribution in [0, 0.1) is 5.41 Å². The highest BCUT2D eigenvalue weighted by atomic mass is 16.1. The van der Waals surface area contributed by atoms with Gasteiger partial charge < -0.3 is 0 Å². The summed E-state index contributed by atoms with van der Waals surface area (Å²) in [5, 5.41) is 0. The zero-order chi connectivity index (χ0) is 10.3. The van der Waals surface area contributed by atoms with E-state index in [1.165, 1.54) is 12.8 Å². The zero-order valence-electron chi connectivity index (χ0n) is 9.18.